The second-order valence-electron chi connectivity index (χ2n) is 3.62. The third-order valence-corrected chi connectivity index (χ3v) is 2.90. The summed E-state index contributed by atoms with van der Waals surface area (Å²) in [6.07, 6.45) is 3.08. The van der Waals surface area contributed by atoms with E-state index < -0.39 is 0 Å². The molecule has 0 bridgehead atoms. The van der Waals surface area contributed by atoms with Gasteiger partial charge in [-0.2, -0.15) is 0 Å². The van der Waals surface area contributed by atoms with Crippen LogP contribution in [0.1, 0.15) is 0 Å². The van der Waals surface area contributed by atoms with Crippen molar-refractivity contribution < 1.29 is 4.74 Å². The quantitative estimate of drug-likeness (QED) is 0.664. The lowest BCUT2D eigenvalue weighted by molar-refractivity contribution is 0.409. The molecule has 0 aliphatic heterocycles. The van der Waals surface area contributed by atoms with Gasteiger partial charge >= 0.3 is 0 Å². The highest BCUT2D eigenvalue weighted by Gasteiger charge is 2.14. The molecule has 0 saturated carbocycles. The van der Waals surface area contributed by atoms with E-state index in [1.165, 1.54) is 13.4 Å². The lowest BCUT2D eigenvalue weighted by Crippen LogP contribution is -2.01. The Kier molecular flexibility index (Phi) is 2.60. The molecule has 90 valence electrons. The molecular weight excluding hydrogens is 252 g/mol. The standard InChI is InChI=1S/C12H9ClN4O/c1-18-10-11(13)14-6-15-12(10)17-7-16-8-4-2-3-5-9(8)17/h2-7H,1H3. The van der Waals surface area contributed by atoms with E-state index in [2.05, 4.69) is 15.0 Å². The first-order chi connectivity index (χ1) is 8.81. The third kappa shape index (κ3) is 1.60. The van der Waals surface area contributed by atoms with Gasteiger partial charge in [-0.3, -0.25) is 4.57 Å². The van der Waals surface area contributed by atoms with Gasteiger partial charge in [0.25, 0.3) is 0 Å². The van der Waals surface area contributed by atoms with Crippen LogP contribution in [0.4, 0.5) is 0 Å². The van der Waals surface area contributed by atoms with Gasteiger partial charge in [0.15, 0.2) is 16.7 Å². The normalized spacial score (nSPS) is 10.8. The molecule has 0 spiro atoms. The van der Waals surface area contributed by atoms with Gasteiger partial charge in [0.1, 0.15) is 12.7 Å². The maximum atomic E-state index is 5.99. The molecular formula is C12H9ClN4O. The zero-order valence-corrected chi connectivity index (χ0v) is 10.3. The lowest BCUT2D eigenvalue weighted by atomic mass is 10.3. The summed E-state index contributed by atoms with van der Waals surface area (Å²) < 4.78 is 7.06. The summed E-state index contributed by atoms with van der Waals surface area (Å²) in [5.41, 5.74) is 1.82. The van der Waals surface area contributed by atoms with Crippen molar-refractivity contribution in [2.45, 2.75) is 0 Å². The van der Waals surface area contributed by atoms with Gasteiger partial charge in [-0.25, -0.2) is 15.0 Å². The number of imidazole rings is 1. The number of hydrogen-bond acceptors (Lipinski definition) is 4. The molecule has 3 rings (SSSR count). The maximum absolute atomic E-state index is 5.99. The van der Waals surface area contributed by atoms with E-state index in [0.717, 1.165) is 11.0 Å². The minimum atomic E-state index is 0.278. The Morgan fingerprint density at radius 1 is 1.17 bits per heavy atom. The van der Waals surface area contributed by atoms with Crippen molar-refractivity contribution in [3.63, 3.8) is 0 Å². The third-order valence-electron chi connectivity index (χ3n) is 2.63. The van der Waals surface area contributed by atoms with Gasteiger partial charge in [-0.15, -0.1) is 0 Å². The van der Waals surface area contributed by atoms with Crippen molar-refractivity contribution in [2.75, 3.05) is 7.11 Å². The highest BCUT2D eigenvalue weighted by Crippen LogP contribution is 2.29. The Labute approximate surface area is 108 Å². The van der Waals surface area contributed by atoms with Gasteiger partial charge in [-0.05, 0) is 12.1 Å². The second-order valence-corrected chi connectivity index (χ2v) is 3.98. The Morgan fingerprint density at radius 3 is 2.83 bits per heavy atom. The summed E-state index contributed by atoms with van der Waals surface area (Å²) in [6.45, 7) is 0. The van der Waals surface area contributed by atoms with Crippen LogP contribution >= 0.6 is 11.6 Å². The van der Waals surface area contributed by atoms with Gasteiger partial charge in [0.05, 0.1) is 18.1 Å². The van der Waals surface area contributed by atoms with E-state index in [1.807, 2.05) is 28.8 Å². The van der Waals surface area contributed by atoms with Gasteiger partial charge in [0, 0.05) is 0 Å². The predicted molar refractivity (Wildman–Crippen MR) is 68.2 cm³/mol. The fourth-order valence-corrected chi connectivity index (χ4v) is 2.02. The van der Waals surface area contributed by atoms with Crippen molar-refractivity contribution >= 4 is 22.6 Å². The van der Waals surface area contributed by atoms with Crippen LogP contribution in [0, 0.1) is 0 Å². The number of fused-ring (bicyclic) bond motifs is 1. The summed E-state index contributed by atoms with van der Waals surface area (Å²) in [7, 11) is 1.53. The minimum absolute atomic E-state index is 0.278. The average molecular weight is 261 g/mol. The van der Waals surface area contributed by atoms with Crippen molar-refractivity contribution in [2.24, 2.45) is 0 Å². The minimum Gasteiger partial charge on any atom is -0.490 e. The maximum Gasteiger partial charge on any atom is 0.199 e. The molecule has 18 heavy (non-hydrogen) atoms. The molecule has 0 saturated heterocycles. The predicted octanol–water partition coefficient (Wildman–Crippen LogP) is 2.48. The molecule has 2 aromatic heterocycles. The van der Waals surface area contributed by atoms with Crippen LogP contribution < -0.4 is 4.74 Å². The van der Waals surface area contributed by atoms with Crippen molar-refractivity contribution in [1.29, 1.82) is 0 Å². The molecule has 0 atom stereocenters. The number of rotatable bonds is 2. The van der Waals surface area contributed by atoms with Crippen LogP contribution in [-0.2, 0) is 0 Å². The van der Waals surface area contributed by atoms with Crippen LogP contribution in [0.5, 0.6) is 5.75 Å². The number of ether oxygens (including phenoxy) is 1. The van der Waals surface area contributed by atoms with Gasteiger partial charge in [-0.1, -0.05) is 23.7 Å². The molecule has 0 unspecified atom stereocenters. The Bertz CT molecular complexity index is 710. The average Bonchev–Trinajstić information content (AvgIpc) is 2.82. The largest absolute Gasteiger partial charge is 0.490 e. The summed E-state index contributed by atoms with van der Waals surface area (Å²) in [4.78, 5) is 12.4. The summed E-state index contributed by atoms with van der Waals surface area (Å²) in [6, 6.07) is 7.76. The van der Waals surface area contributed by atoms with E-state index in [4.69, 9.17) is 16.3 Å². The smallest absolute Gasteiger partial charge is 0.199 e. The highest BCUT2D eigenvalue weighted by atomic mass is 35.5. The molecule has 1 aromatic carbocycles. The Balaban J connectivity index is 2.30. The molecule has 2 heterocycles. The SMILES string of the molecule is COc1c(Cl)ncnc1-n1cnc2ccccc21. The molecule has 3 aromatic rings. The number of para-hydroxylation sites is 2. The highest BCUT2D eigenvalue weighted by molar-refractivity contribution is 6.31. The molecule has 0 radical (unpaired) electrons. The van der Waals surface area contributed by atoms with Crippen molar-refractivity contribution in [3.05, 3.63) is 42.1 Å². The second kappa shape index (κ2) is 4.27. The molecule has 0 N–H and O–H groups in total. The summed E-state index contributed by atoms with van der Waals surface area (Å²) >= 11 is 5.99. The number of nitrogens with zero attached hydrogens (tertiary/aromatic N) is 4. The topological polar surface area (TPSA) is 52.8 Å². The van der Waals surface area contributed by atoms with E-state index >= 15 is 0 Å². The van der Waals surface area contributed by atoms with Crippen LogP contribution in [0.15, 0.2) is 36.9 Å². The first kappa shape index (κ1) is 11.0. The lowest BCUT2D eigenvalue weighted by Gasteiger charge is -2.09. The van der Waals surface area contributed by atoms with Crippen molar-refractivity contribution in [1.82, 2.24) is 19.5 Å². The number of hydrogen-bond donors (Lipinski definition) is 0. The van der Waals surface area contributed by atoms with Gasteiger partial charge < -0.3 is 4.74 Å². The fraction of sp³-hybridized carbons (Fsp3) is 0.0833. The van der Waals surface area contributed by atoms with E-state index in [-0.39, 0.29) is 5.15 Å². The number of aromatic nitrogens is 4. The number of methoxy groups -OCH3 is 1. The Hall–Kier alpha value is -2.14. The van der Waals surface area contributed by atoms with Crippen molar-refractivity contribution in [3.8, 4) is 11.6 Å². The van der Waals surface area contributed by atoms with Gasteiger partial charge in [0.2, 0.25) is 0 Å². The zero-order chi connectivity index (χ0) is 12.5. The zero-order valence-electron chi connectivity index (χ0n) is 9.54. The molecule has 0 aliphatic rings. The fourth-order valence-electron chi connectivity index (χ4n) is 1.82. The first-order valence-corrected chi connectivity index (χ1v) is 5.66. The molecule has 6 heteroatoms. The molecule has 0 fully saturated rings. The van der Waals surface area contributed by atoms with Crippen LogP contribution in [0.2, 0.25) is 5.15 Å². The van der Waals surface area contributed by atoms with Crippen LogP contribution in [0.3, 0.4) is 0 Å². The van der Waals surface area contributed by atoms with E-state index in [1.54, 1.807) is 6.33 Å². The molecule has 0 aliphatic carbocycles. The van der Waals surface area contributed by atoms with E-state index in [9.17, 15) is 0 Å². The number of benzene rings is 1. The summed E-state index contributed by atoms with van der Waals surface area (Å²) in [5.74, 6) is 1.01. The summed E-state index contributed by atoms with van der Waals surface area (Å²) in [5, 5.41) is 0.278. The Morgan fingerprint density at radius 2 is 2.00 bits per heavy atom. The monoisotopic (exact) mass is 260 g/mol. The number of halogens is 1. The molecule has 0 amide bonds. The van der Waals surface area contributed by atoms with Crippen LogP contribution in [-0.4, -0.2) is 26.6 Å². The van der Waals surface area contributed by atoms with Crippen LogP contribution in [0.25, 0.3) is 16.9 Å². The first-order valence-electron chi connectivity index (χ1n) is 5.28. The van der Waals surface area contributed by atoms with E-state index in [0.29, 0.717) is 11.6 Å². The molecule has 5 nitrogen and oxygen atoms in total.